The van der Waals surface area contributed by atoms with Gasteiger partial charge >= 0.3 is 0 Å². The molecular weight excluding hydrogens is 254 g/mol. The van der Waals surface area contributed by atoms with Crippen molar-refractivity contribution in [2.75, 3.05) is 13.2 Å². The highest BCUT2D eigenvalue weighted by atomic mass is 35.5. The molecule has 1 rings (SSSR count). The van der Waals surface area contributed by atoms with E-state index >= 15 is 0 Å². The molecule has 0 aliphatic carbocycles. The van der Waals surface area contributed by atoms with Gasteiger partial charge in [-0.25, -0.2) is 0 Å². The molecule has 100 valence electrons. The lowest BCUT2D eigenvalue weighted by molar-refractivity contribution is 0.273. The second kappa shape index (κ2) is 7.82. The van der Waals surface area contributed by atoms with E-state index in [0.29, 0.717) is 35.3 Å². The predicted molar refractivity (Wildman–Crippen MR) is 72.4 cm³/mol. The van der Waals surface area contributed by atoms with Gasteiger partial charge in [-0.1, -0.05) is 30.1 Å². The molecule has 1 aromatic carbocycles. The molecule has 0 heterocycles. The number of benzene rings is 1. The number of unbranched alkanes of at least 4 members (excludes halogenated alkanes) is 1. The third-order valence-electron chi connectivity index (χ3n) is 2.28. The lowest BCUT2D eigenvalue weighted by atomic mass is 10.2. The van der Waals surface area contributed by atoms with Crippen LogP contribution in [0.25, 0.3) is 0 Å². The summed E-state index contributed by atoms with van der Waals surface area (Å²) in [4.78, 5) is 0. The summed E-state index contributed by atoms with van der Waals surface area (Å²) in [7, 11) is 0. The lowest BCUT2D eigenvalue weighted by Gasteiger charge is -2.14. The molecule has 0 fully saturated rings. The van der Waals surface area contributed by atoms with Crippen molar-refractivity contribution < 1.29 is 14.7 Å². The van der Waals surface area contributed by atoms with Crippen molar-refractivity contribution in [1.29, 1.82) is 0 Å². The van der Waals surface area contributed by atoms with Crippen molar-refractivity contribution in [3.05, 3.63) is 22.7 Å². The van der Waals surface area contributed by atoms with Crippen molar-refractivity contribution in [3.63, 3.8) is 0 Å². The summed E-state index contributed by atoms with van der Waals surface area (Å²) in [6.07, 6.45) is 3.31. The van der Waals surface area contributed by atoms with Crippen molar-refractivity contribution >= 4 is 17.8 Å². The number of ether oxygens (including phenoxy) is 2. The fourth-order valence-corrected chi connectivity index (χ4v) is 1.72. The maximum absolute atomic E-state index is 8.53. The first-order valence-corrected chi connectivity index (χ1v) is 6.37. The van der Waals surface area contributed by atoms with Crippen LogP contribution in [0.2, 0.25) is 5.02 Å². The second-order valence-corrected chi connectivity index (χ2v) is 4.12. The fraction of sp³-hybridized carbons (Fsp3) is 0.462. The normalized spacial score (nSPS) is 10.8. The molecule has 0 amide bonds. The zero-order chi connectivity index (χ0) is 13.4. The van der Waals surface area contributed by atoms with Gasteiger partial charge in [-0.3, -0.25) is 0 Å². The van der Waals surface area contributed by atoms with Gasteiger partial charge in [-0.2, -0.15) is 0 Å². The van der Waals surface area contributed by atoms with E-state index in [1.54, 1.807) is 12.1 Å². The van der Waals surface area contributed by atoms with Crippen LogP contribution in [0.4, 0.5) is 0 Å². The first kappa shape index (κ1) is 14.6. The van der Waals surface area contributed by atoms with Crippen LogP contribution in [0.1, 0.15) is 32.3 Å². The van der Waals surface area contributed by atoms with Crippen molar-refractivity contribution in [3.8, 4) is 11.5 Å². The molecule has 0 radical (unpaired) electrons. The quantitative estimate of drug-likeness (QED) is 0.356. The molecule has 0 bridgehead atoms. The molecule has 1 N–H and O–H groups in total. The molecule has 4 nitrogen and oxygen atoms in total. The minimum absolute atomic E-state index is 0.451. The van der Waals surface area contributed by atoms with E-state index in [0.717, 1.165) is 12.8 Å². The smallest absolute Gasteiger partial charge is 0.179 e. The fourth-order valence-electron chi connectivity index (χ4n) is 1.45. The highest BCUT2D eigenvalue weighted by Gasteiger charge is 2.11. The summed E-state index contributed by atoms with van der Waals surface area (Å²) in [6, 6.07) is 3.40. The Kier molecular flexibility index (Phi) is 6.36. The molecule has 0 aliphatic heterocycles. The summed E-state index contributed by atoms with van der Waals surface area (Å²) < 4.78 is 11.1. The van der Waals surface area contributed by atoms with E-state index in [-0.39, 0.29) is 0 Å². The number of rotatable bonds is 7. The molecule has 0 saturated heterocycles. The third kappa shape index (κ3) is 4.11. The zero-order valence-electron chi connectivity index (χ0n) is 10.6. The van der Waals surface area contributed by atoms with Gasteiger partial charge in [0.1, 0.15) is 0 Å². The van der Waals surface area contributed by atoms with Crippen LogP contribution in [0, 0.1) is 0 Å². The van der Waals surface area contributed by atoms with Crippen LogP contribution in [0.3, 0.4) is 0 Å². The van der Waals surface area contributed by atoms with Crippen LogP contribution in [0.15, 0.2) is 17.3 Å². The van der Waals surface area contributed by atoms with E-state index in [9.17, 15) is 0 Å². The van der Waals surface area contributed by atoms with Gasteiger partial charge in [0.15, 0.2) is 11.5 Å². The number of oxime groups is 1. The lowest BCUT2D eigenvalue weighted by Crippen LogP contribution is -2.02. The largest absolute Gasteiger partial charge is 0.490 e. The average Bonchev–Trinajstić information content (AvgIpc) is 2.33. The van der Waals surface area contributed by atoms with Gasteiger partial charge in [0.05, 0.1) is 24.5 Å². The van der Waals surface area contributed by atoms with E-state index < -0.39 is 0 Å². The Morgan fingerprint density at radius 2 is 2.11 bits per heavy atom. The minimum Gasteiger partial charge on any atom is -0.490 e. The van der Waals surface area contributed by atoms with Crippen LogP contribution >= 0.6 is 11.6 Å². The first-order chi connectivity index (χ1) is 8.72. The second-order valence-electron chi connectivity index (χ2n) is 3.71. The highest BCUT2D eigenvalue weighted by molar-refractivity contribution is 6.32. The minimum atomic E-state index is 0.451. The van der Waals surface area contributed by atoms with Crippen LogP contribution in [-0.4, -0.2) is 24.6 Å². The average molecular weight is 272 g/mol. The SMILES string of the molecule is CCCCOc1c(Cl)cc(/C=N/O)cc1OCC. The van der Waals surface area contributed by atoms with Crippen molar-refractivity contribution in [2.45, 2.75) is 26.7 Å². The molecule has 0 aliphatic rings. The summed E-state index contributed by atoms with van der Waals surface area (Å²) in [6.45, 7) is 5.09. The van der Waals surface area contributed by atoms with Crippen LogP contribution in [-0.2, 0) is 0 Å². The van der Waals surface area contributed by atoms with E-state index in [1.165, 1.54) is 6.21 Å². The molecule has 5 heteroatoms. The zero-order valence-corrected chi connectivity index (χ0v) is 11.4. The number of nitrogens with zero attached hydrogens (tertiary/aromatic N) is 1. The van der Waals surface area contributed by atoms with Crippen LogP contribution in [0.5, 0.6) is 11.5 Å². The Morgan fingerprint density at radius 3 is 2.72 bits per heavy atom. The van der Waals surface area contributed by atoms with Crippen molar-refractivity contribution in [1.82, 2.24) is 0 Å². The summed E-state index contributed by atoms with van der Waals surface area (Å²) >= 11 is 6.14. The summed E-state index contributed by atoms with van der Waals surface area (Å²) in [5.41, 5.74) is 0.661. The Balaban J connectivity index is 2.98. The van der Waals surface area contributed by atoms with Crippen molar-refractivity contribution in [2.24, 2.45) is 5.16 Å². The number of hydrogen-bond acceptors (Lipinski definition) is 4. The molecule has 0 spiro atoms. The molecule has 0 saturated carbocycles. The van der Waals surface area contributed by atoms with Gasteiger partial charge in [-0.15, -0.1) is 0 Å². The van der Waals surface area contributed by atoms with E-state index in [4.69, 9.17) is 26.3 Å². The standard InChI is InChI=1S/C13H18ClNO3/c1-3-5-6-18-13-11(14)7-10(9-15-16)8-12(13)17-4-2/h7-9,16H,3-6H2,1-2H3/b15-9+. The van der Waals surface area contributed by atoms with Gasteiger partial charge < -0.3 is 14.7 Å². The Bertz CT molecular complexity index is 407. The molecule has 18 heavy (non-hydrogen) atoms. The Labute approximate surface area is 112 Å². The van der Waals surface area contributed by atoms with Gasteiger partial charge in [0.25, 0.3) is 0 Å². The van der Waals surface area contributed by atoms with Gasteiger partial charge in [0, 0.05) is 5.56 Å². The Morgan fingerprint density at radius 1 is 1.33 bits per heavy atom. The first-order valence-electron chi connectivity index (χ1n) is 5.99. The molecule has 1 aromatic rings. The maximum atomic E-state index is 8.53. The summed E-state index contributed by atoms with van der Waals surface area (Å²) in [5, 5.41) is 12.0. The number of halogens is 1. The monoisotopic (exact) mass is 271 g/mol. The van der Waals surface area contributed by atoms with E-state index in [2.05, 4.69) is 12.1 Å². The summed E-state index contributed by atoms with van der Waals surface area (Å²) in [5.74, 6) is 1.11. The molecule has 0 unspecified atom stereocenters. The Hall–Kier alpha value is -1.42. The molecular formula is C13H18ClNO3. The molecule has 0 aromatic heterocycles. The number of hydrogen-bond donors (Lipinski definition) is 1. The van der Waals surface area contributed by atoms with Gasteiger partial charge in [0.2, 0.25) is 0 Å². The topological polar surface area (TPSA) is 51.0 Å². The predicted octanol–water partition coefficient (Wildman–Crippen LogP) is 3.73. The van der Waals surface area contributed by atoms with Crippen LogP contribution < -0.4 is 9.47 Å². The molecule has 0 atom stereocenters. The maximum Gasteiger partial charge on any atom is 0.179 e. The third-order valence-corrected chi connectivity index (χ3v) is 2.56. The highest BCUT2D eigenvalue weighted by Crippen LogP contribution is 2.36. The van der Waals surface area contributed by atoms with E-state index in [1.807, 2.05) is 6.92 Å². The van der Waals surface area contributed by atoms with Gasteiger partial charge in [-0.05, 0) is 25.5 Å².